The van der Waals surface area contributed by atoms with Gasteiger partial charge in [0.25, 0.3) is 0 Å². The Bertz CT molecular complexity index is 115. The molecule has 1 saturated carbocycles. The lowest BCUT2D eigenvalue weighted by molar-refractivity contribution is -0.0519. The third kappa shape index (κ3) is 2.17. The second-order valence-electron chi connectivity index (χ2n) is 3.73. The van der Waals surface area contributed by atoms with E-state index in [1.807, 2.05) is 0 Å². The summed E-state index contributed by atoms with van der Waals surface area (Å²) >= 11 is 0. The van der Waals surface area contributed by atoms with Crippen molar-refractivity contribution in [2.45, 2.75) is 44.6 Å². The van der Waals surface area contributed by atoms with E-state index in [0.29, 0.717) is 0 Å². The van der Waals surface area contributed by atoms with Crippen molar-refractivity contribution in [2.75, 3.05) is 6.61 Å². The summed E-state index contributed by atoms with van der Waals surface area (Å²) in [6.45, 7) is 2.12. The number of aliphatic hydroxyl groups is 2. The highest BCUT2D eigenvalue weighted by Gasteiger charge is 2.31. The minimum atomic E-state index is -0.744. The molecule has 11 heavy (non-hydrogen) atoms. The minimum Gasteiger partial charge on any atom is -0.393 e. The maximum Gasteiger partial charge on any atom is 0.0877 e. The van der Waals surface area contributed by atoms with Crippen LogP contribution in [0.4, 0.5) is 0 Å². The van der Waals surface area contributed by atoms with Crippen LogP contribution >= 0.6 is 0 Å². The van der Waals surface area contributed by atoms with E-state index < -0.39 is 5.60 Å². The molecular formula is C9H18O2. The SMILES string of the molecule is CCC1CCC(O)(CO)CC1. The average Bonchev–Trinajstić information content (AvgIpc) is 2.06. The molecule has 1 rings (SSSR count). The Hall–Kier alpha value is -0.0800. The molecule has 1 aliphatic rings. The zero-order valence-corrected chi connectivity index (χ0v) is 7.21. The van der Waals surface area contributed by atoms with Gasteiger partial charge in [0, 0.05) is 0 Å². The molecule has 0 heterocycles. The van der Waals surface area contributed by atoms with Crippen LogP contribution < -0.4 is 0 Å². The standard InChI is InChI=1S/C9H18O2/c1-2-8-3-5-9(11,7-10)6-4-8/h8,10-11H,2-7H2,1H3. The summed E-state index contributed by atoms with van der Waals surface area (Å²) in [5.74, 6) is 0.779. The lowest BCUT2D eigenvalue weighted by Gasteiger charge is -2.34. The van der Waals surface area contributed by atoms with Gasteiger partial charge in [-0.05, 0) is 31.6 Å². The highest BCUT2D eigenvalue weighted by molar-refractivity contribution is 4.84. The second-order valence-corrected chi connectivity index (χ2v) is 3.73. The van der Waals surface area contributed by atoms with Crippen LogP contribution in [0.25, 0.3) is 0 Å². The van der Waals surface area contributed by atoms with E-state index in [-0.39, 0.29) is 6.61 Å². The maximum absolute atomic E-state index is 9.64. The zero-order valence-electron chi connectivity index (χ0n) is 7.21. The molecule has 0 radical (unpaired) electrons. The first-order valence-electron chi connectivity index (χ1n) is 4.53. The third-order valence-corrected chi connectivity index (χ3v) is 2.91. The topological polar surface area (TPSA) is 40.5 Å². The molecular weight excluding hydrogens is 140 g/mol. The second kappa shape index (κ2) is 3.55. The van der Waals surface area contributed by atoms with Crippen molar-refractivity contribution in [3.63, 3.8) is 0 Å². The normalized spacial score (nSPS) is 39.0. The molecule has 0 unspecified atom stereocenters. The van der Waals surface area contributed by atoms with E-state index in [1.165, 1.54) is 6.42 Å². The molecule has 2 heteroatoms. The van der Waals surface area contributed by atoms with Gasteiger partial charge in [-0.2, -0.15) is 0 Å². The van der Waals surface area contributed by atoms with E-state index in [1.54, 1.807) is 0 Å². The van der Waals surface area contributed by atoms with Crippen LogP contribution in [-0.2, 0) is 0 Å². The smallest absolute Gasteiger partial charge is 0.0877 e. The summed E-state index contributed by atoms with van der Waals surface area (Å²) in [6.07, 6.45) is 4.92. The number of aliphatic hydroxyl groups excluding tert-OH is 1. The molecule has 0 aromatic carbocycles. The molecule has 0 aromatic rings. The van der Waals surface area contributed by atoms with Gasteiger partial charge in [-0.15, -0.1) is 0 Å². The Kier molecular flexibility index (Phi) is 2.90. The van der Waals surface area contributed by atoms with E-state index in [2.05, 4.69) is 6.92 Å². The van der Waals surface area contributed by atoms with Gasteiger partial charge in [-0.1, -0.05) is 13.3 Å². The van der Waals surface area contributed by atoms with Crippen LogP contribution in [0.3, 0.4) is 0 Å². The molecule has 1 aliphatic carbocycles. The molecule has 2 nitrogen and oxygen atoms in total. The molecule has 66 valence electrons. The van der Waals surface area contributed by atoms with Gasteiger partial charge in [0.2, 0.25) is 0 Å². The van der Waals surface area contributed by atoms with Gasteiger partial charge in [-0.25, -0.2) is 0 Å². The van der Waals surface area contributed by atoms with Crippen molar-refractivity contribution in [3.05, 3.63) is 0 Å². The first kappa shape index (κ1) is 9.01. The van der Waals surface area contributed by atoms with Crippen LogP contribution in [-0.4, -0.2) is 22.4 Å². The largest absolute Gasteiger partial charge is 0.393 e. The van der Waals surface area contributed by atoms with E-state index in [9.17, 15) is 5.11 Å². The predicted octanol–water partition coefficient (Wildman–Crippen LogP) is 1.31. The van der Waals surface area contributed by atoms with E-state index in [4.69, 9.17) is 5.11 Å². The van der Waals surface area contributed by atoms with Crippen LogP contribution in [0.15, 0.2) is 0 Å². The highest BCUT2D eigenvalue weighted by Crippen LogP contribution is 2.32. The van der Waals surface area contributed by atoms with E-state index in [0.717, 1.165) is 31.6 Å². The molecule has 0 aliphatic heterocycles. The summed E-state index contributed by atoms with van der Waals surface area (Å²) in [6, 6.07) is 0. The number of hydrogen-bond acceptors (Lipinski definition) is 2. The lowest BCUT2D eigenvalue weighted by atomic mass is 9.78. The molecule has 0 atom stereocenters. The fourth-order valence-corrected chi connectivity index (χ4v) is 1.78. The predicted molar refractivity (Wildman–Crippen MR) is 44.3 cm³/mol. The number of hydrogen-bond donors (Lipinski definition) is 2. The van der Waals surface area contributed by atoms with Gasteiger partial charge in [0.05, 0.1) is 12.2 Å². The van der Waals surface area contributed by atoms with Crippen LogP contribution in [0.2, 0.25) is 0 Å². The van der Waals surface area contributed by atoms with Crippen LogP contribution in [0, 0.1) is 5.92 Å². The Labute approximate surface area is 68.2 Å². The van der Waals surface area contributed by atoms with Gasteiger partial charge < -0.3 is 10.2 Å². The van der Waals surface area contributed by atoms with Crippen molar-refractivity contribution >= 4 is 0 Å². The zero-order chi connectivity index (χ0) is 8.32. The van der Waals surface area contributed by atoms with Crippen molar-refractivity contribution < 1.29 is 10.2 Å². The Morgan fingerprint density at radius 2 is 1.91 bits per heavy atom. The Balaban J connectivity index is 2.35. The van der Waals surface area contributed by atoms with E-state index >= 15 is 0 Å². The van der Waals surface area contributed by atoms with Gasteiger partial charge in [0.1, 0.15) is 0 Å². The van der Waals surface area contributed by atoms with Gasteiger partial charge in [0.15, 0.2) is 0 Å². The summed E-state index contributed by atoms with van der Waals surface area (Å²) in [5.41, 5.74) is -0.744. The summed E-state index contributed by atoms with van der Waals surface area (Å²) < 4.78 is 0. The first-order valence-corrected chi connectivity index (χ1v) is 4.53. The number of rotatable bonds is 2. The Morgan fingerprint density at radius 3 is 2.27 bits per heavy atom. The molecule has 0 spiro atoms. The first-order chi connectivity index (χ1) is 5.20. The quantitative estimate of drug-likeness (QED) is 0.636. The van der Waals surface area contributed by atoms with Crippen LogP contribution in [0.5, 0.6) is 0 Å². The van der Waals surface area contributed by atoms with Crippen molar-refractivity contribution in [1.29, 1.82) is 0 Å². The Morgan fingerprint density at radius 1 is 1.36 bits per heavy atom. The monoisotopic (exact) mass is 158 g/mol. The molecule has 2 N–H and O–H groups in total. The van der Waals surface area contributed by atoms with Gasteiger partial charge >= 0.3 is 0 Å². The molecule has 0 bridgehead atoms. The summed E-state index contributed by atoms with van der Waals surface area (Å²) in [4.78, 5) is 0. The molecule has 0 aromatic heterocycles. The fraction of sp³-hybridized carbons (Fsp3) is 1.00. The third-order valence-electron chi connectivity index (χ3n) is 2.91. The van der Waals surface area contributed by atoms with Crippen molar-refractivity contribution in [3.8, 4) is 0 Å². The average molecular weight is 158 g/mol. The van der Waals surface area contributed by atoms with Crippen molar-refractivity contribution in [2.24, 2.45) is 5.92 Å². The molecule has 0 amide bonds. The molecule has 1 fully saturated rings. The van der Waals surface area contributed by atoms with Gasteiger partial charge in [-0.3, -0.25) is 0 Å². The van der Waals surface area contributed by atoms with Crippen molar-refractivity contribution in [1.82, 2.24) is 0 Å². The van der Waals surface area contributed by atoms with Crippen LogP contribution in [0.1, 0.15) is 39.0 Å². The summed E-state index contributed by atoms with van der Waals surface area (Å²) in [5, 5.41) is 18.5. The summed E-state index contributed by atoms with van der Waals surface area (Å²) in [7, 11) is 0. The lowest BCUT2D eigenvalue weighted by Crippen LogP contribution is -2.37. The highest BCUT2D eigenvalue weighted by atomic mass is 16.3. The fourth-order valence-electron chi connectivity index (χ4n) is 1.78. The molecule has 0 saturated heterocycles. The maximum atomic E-state index is 9.64. The minimum absolute atomic E-state index is 0.0660.